The third-order valence-corrected chi connectivity index (χ3v) is 3.63. The van der Waals surface area contributed by atoms with Crippen LogP contribution in [0.4, 0.5) is 0 Å². The van der Waals surface area contributed by atoms with E-state index in [4.69, 9.17) is 10.3 Å². The van der Waals surface area contributed by atoms with Crippen LogP contribution in [0.2, 0.25) is 0 Å². The fourth-order valence-corrected chi connectivity index (χ4v) is 2.24. The van der Waals surface area contributed by atoms with E-state index in [1.807, 2.05) is 44.3 Å². The maximum absolute atomic E-state index is 11.7. The number of carbonyl (C=O) groups excluding carboxylic acids is 1. The first-order valence-electron chi connectivity index (χ1n) is 7.54. The zero-order chi connectivity index (χ0) is 17.1. The number of primary amides is 1. The average Bonchev–Trinajstić information content (AvgIpc) is 3.22. The number of rotatable bonds is 6. The Hall–Kier alpha value is -3.00. The van der Waals surface area contributed by atoms with E-state index in [2.05, 4.69) is 20.6 Å². The van der Waals surface area contributed by atoms with Crippen LogP contribution in [0.1, 0.15) is 23.2 Å². The van der Waals surface area contributed by atoms with Crippen molar-refractivity contribution in [2.24, 2.45) is 5.73 Å². The summed E-state index contributed by atoms with van der Waals surface area (Å²) in [6.07, 6.45) is 0.627. The molecule has 3 N–H and O–H groups in total. The maximum Gasteiger partial charge on any atom is 0.278 e. The third kappa shape index (κ3) is 3.18. The predicted octanol–water partition coefficient (Wildman–Crippen LogP) is 1.17. The van der Waals surface area contributed by atoms with Gasteiger partial charge in [0, 0.05) is 18.5 Å². The first-order chi connectivity index (χ1) is 11.6. The predicted molar refractivity (Wildman–Crippen MR) is 87.6 cm³/mol. The topological polar surface area (TPSA) is 112 Å². The van der Waals surface area contributed by atoms with Crippen molar-refractivity contribution < 1.29 is 9.32 Å². The summed E-state index contributed by atoms with van der Waals surface area (Å²) in [6.45, 7) is 2.02. The van der Waals surface area contributed by atoms with E-state index < -0.39 is 5.91 Å². The van der Waals surface area contributed by atoms with Crippen LogP contribution in [-0.2, 0) is 6.42 Å². The van der Waals surface area contributed by atoms with Crippen molar-refractivity contribution in [3.63, 3.8) is 0 Å². The van der Waals surface area contributed by atoms with Crippen molar-refractivity contribution >= 4 is 5.91 Å². The third-order valence-electron chi connectivity index (χ3n) is 3.63. The summed E-state index contributed by atoms with van der Waals surface area (Å²) in [6, 6.07) is 11.0. The van der Waals surface area contributed by atoms with Gasteiger partial charge in [0.25, 0.3) is 11.8 Å². The van der Waals surface area contributed by atoms with Gasteiger partial charge in [-0.1, -0.05) is 23.4 Å². The van der Waals surface area contributed by atoms with Crippen molar-refractivity contribution in [3.8, 4) is 17.3 Å². The number of aromatic nitrogens is 4. The number of amides is 1. The monoisotopic (exact) mass is 326 g/mol. The number of nitrogens with one attached hydrogen (secondary N) is 1. The van der Waals surface area contributed by atoms with Gasteiger partial charge < -0.3 is 15.6 Å². The molecular weight excluding hydrogens is 308 g/mol. The molecular formula is C16H18N6O2. The van der Waals surface area contributed by atoms with Gasteiger partial charge in [-0.2, -0.15) is 10.1 Å². The van der Waals surface area contributed by atoms with Crippen molar-refractivity contribution in [1.29, 1.82) is 0 Å². The Morgan fingerprint density at radius 3 is 2.79 bits per heavy atom. The van der Waals surface area contributed by atoms with Gasteiger partial charge in [0.2, 0.25) is 0 Å². The Labute approximate surface area is 138 Å². The van der Waals surface area contributed by atoms with Crippen LogP contribution in [0, 0.1) is 0 Å². The lowest BCUT2D eigenvalue weighted by Crippen LogP contribution is -2.24. The minimum atomic E-state index is -0.582. The van der Waals surface area contributed by atoms with Gasteiger partial charge in [-0.15, -0.1) is 0 Å². The summed E-state index contributed by atoms with van der Waals surface area (Å²) in [4.78, 5) is 16.0. The Morgan fingerprint density at radius 2 is 2.12 bits per heavy atom. The van der Waals surface area contributed by atoms with E-state index in [0.717, 1.165) is 5.69 Å². The van der Waals surface area contributed by atoms with Gasteiger partial charge in [-0.3, -0.25) is 4.79 Å². The van der Waals surface area contributed by atoms with E-state index in [0.29, 0.717) is 17.9 Å². The second kappa shape index (κ2) is 6.63. The Balaban J connectivity index is 1.96. The summed E-state index contributed by atoms with van der Waals surface area (Å²) < 4.78 is 6.73. The van der Waals surface area contributed by atoms with Crippen molar-refractivity contribution in [1.82, 2.24) is 25.2 Å². The van der Waals surface area contributed by atoms with Crippen molar-refractivity contribution in [2.45, 2.75) is 19.4 Å². The molecule has 0 bridgehead atoms. The summed E-state index contributed by atoms with van der Waals surface area (Å²) in [5.41, 5.74) is 6.84. The quantitative estimate of drug-likeness (QED) is 0.703. The molecule has 0 fully saturated rings. The molecule has 3 rings (SSSR count). The fourth-order valence-electron chi connectivity index (χ4n) is 2.24. The number of nitrogens with two attached hydrogens (primary N) is 1. The first kappa shape index (κ1) is 15.9. The van der Waals surface area contributed by atoms with Crippen LogP contribution in [0.15, 0.2) is 40.9 Å². The molecule has 8 heteroatoms. The van der Waals surface area contributed by atoms with E-state index in [9.17, 15) is 4.79 Å². The number of hydrogen-bond acceptors (Lipinski definition) is 6. The van der Waals surface area contributed by atoms with E-state index in [1.54, 1.807) is 6.07 Å². The lowest BCUT2D eigenvalue weighted by Gasteiger charge is -2.04. The number of carbonyl (C=O) groups is 1. The van der Waals surface area contributed by atoms with E-state index >= 15 is 0 Å². The number of para-hydroxylation sites is 1. The molecule has 1 aromatic carbocycles. The first-order valence-corrected chi connectivity index (χ1v) is 7.54. The normalized spacial score (nSPS) is 12.2. The molecule has 1 unspecified atom stereocenters. The maximum atomic E-state index is 11.7. The molecule has 0 aliphatic heterocycles. The van der Waals surface area contributed by atoms with Crippen LogP contribution < -0.4 is 11.1 Å². The van der Waals surface area contributed by atoms with Gasteiger partial charge in [0.05, 0.1) is 5.69 Å². The Kier molecular flexibility index (Phi) is 4.39. The lowest BCUT2D eigenvalue weighted by molar-refractivity contribution is 0.0993. The van der Waals surface area contributed by atoms with Crippen molar-refractivity contribution in [2.75, 3.05) is 7.05 Å². The summed E-state index contributed by atoms with van der Waals surface area (Å²) in [5, 5.41) is 11.4. The molecule has 2 aromatic heterocycles. The van der Waals surface area contributed by atoms with Gasteiger partial charge >= 0.3 is 0 Å². The van der Waals surface area contributed by atoms with Gasteiger partial charge in [-0.25, -0.2) is 4.68 Å². The molecule has 3 aromatic rings. The molecule has 0 saturated carbocycles. The summed E-state index contributed by atoms with van der Waals surface area (Å²) in [5.74, 6) is 0.244. The van der Waals surface area contributed by atoms with Crippen LogP contribution in [0.3, 0.4) is 0 Å². The number of hydrogen-bond donors (Lipinski definition) is 2. The highest BCUT2D eigenvalue weighted by Crippen LogP contribution is 2.20. The molecule has 24 heavy (non-hydrogen) atoms. The highest BCUT2D eigenvalue weighted by atomic mass is 16.5. The number of likely N-dealkylation sites (N-methyl/N-ethyl adjacent to an activating group) is 1. The number of nitrogens with zero attached hydrogens (tertiary/aromatic N) is 4. The second-order valence-corrected chi connectivity index (χ2v) is 5.44. The highest BCUT2D eigenvalue weighted by molar-refractivity contribution is 5.92. The van der Waals surface area contributed by atoms with Crippen molar-refractivity contribution in [3.05, 3.63) is 47.9 Å². The van der Waals surface area contributed by atoms with Gasteiger partial charge in [0.15, 0.2) is 11.5 Å². The molecule has 0 radical (unpaired) electrons. The minimum Gasteiger partial charge on any atom is -0.364 e. The van der Waals surface area contributed by atoms with Crippen LogP contribution in [0.25, 0.3) is 17.3 Å². The lowest BCUT2D eigenvalue weighted by atomic mass is 10.2. The molecule has 0 saturated heterocycles. The van der Waals surface area contributed by atoms with Gasteiger partial charge in [0.1, 0.15) is 5.69 Å². The zero-order valence-electron chi connectivity index (χ0n) is 13.4. The largest absolute Gasteiger partial charge is 0.364 e. The standard InChI is InChI=1S/C16H18N6O2/c1-10(18-2)8-14-19-16(24-21-14)12-9-13(15(17)23)22(20-12)11-6-4-3-5-7-11/h3-7,9-10,18H,8H2,1-2H3,(H2,17,23). The SMILES string of the molecule is CNC(C)Cc1noc(-c2cc(C(N)=O)n(-c3ccccc3)n2)n1. The fraction of sp³-hybridized carbons (Fsp3) is 0.250. The smallest absolute Gasteiger partial charge is 0.278 e. The Morgan fingerprint density at radius 1 is 1.38 bits per heavy atom. The van der Waals surface area contributed by atoms with Gasteiger partial charge in [-0.05, 0) is 26.1 Å². The molecule has 1 atom stereocenters. The molecule has 0 aliphatic carbocycles. The van der Waals surface area contributed by atoms with Crippen LogP contribution >= 0.6 is 0 Å². The Bertz CT molecular complexity index is 839. The average molecular weight is 326 g/mol. The molecule has 1 amide bonds. The molecule has 8 nitrogen and oxygen atoms in total. The summed E-state index contributed by atoms with van der Waals surface area (Å²) >= 11 is 0. The van der Waals surface area contributed by atoms with Crippen LogP contribution in [0.5, 0.6) is 0 Å². The molecule has 2 heterocycles. The highest BCUT2D eigenvalue weighted by Gasteiger charge is 2.19. The van der Waals surface area contributed by atoms with E-state index in [1.165, 1.54) is 4.68 Å². The molecule has 124 valence electrons. The molecule has 0 spiro atoms. The van der Waals surface area contributed by atoms with Crippen LogP contribution in [-0.4, -0.2) is 38.9 Å². The zero-order valence-corrected chi connectivity index (χ0v) is 13.4. The second-order valence-electron chi connectivity index (χ2n) is 5.44. The molecule has 0 aliphatic rings. The summed E-state index contributed by atoms with van der Waals surface area (Å²) in [7, 11) is 1.87. The minimum absolute atomic E-state index is 0.221. The number of benzene rings is 1. The van der Waals surface area contributed by atoms with E-state index in [-0.39, 0.29) is 17.6 Å².